The molecule has 3 rings (SSSR count). The molecule has 1 aromatic rings. The lowest BCUT2D eigenvalue weighted by Crippen LogP contribution is -2.42. The molecule has 0 aromatic heterocycles. The molecule has 1 aromatic carbocycles. The van der Waals surface area contributed by atoms with Crippen LogP contribution in [-0.4, -0.2) is 47.5 Å². The third-order valence-electron chi connectivity index (χ3n) is 5.37. The van der Waals surface area contributed by atoms with Gasteiger partial charge in [0.1, 0.15) is 5.04 Å². The highest BCUT2D eigenvalue weighted by Crippen LogP contribution is 2.37. The number of nitrogens with one attached hydrogen (secondary N) is 4. The van der Waals surface area contributed by atoms with Gasteiger partial charge in [-0.15, -0.1) is 0 Å². The standard InChI is InChI=1S/C19H25ClN6S/c20-16-8-13(14(9-21)10-22)2-3-15(16)17(23)27-18(24)26-7-5-19(12-26)4-1-6-25-11-19/h2-3,8-10,21,23-25H,1,4-7,11-12,22H2. The van der Waals surface area contributed by atoms with Crippen LogP contribution in [0.15, 0.2) is 24.4 Å². The van der Waals surface area contributed by atoms with Gasteiger partial charge < -0.3 is 21.4 Å². The Morgan fingerprint density at radius 1 is 1.33 bits per heavy atom. The van der Waals surface area contributed by atoms with Crippen molar-refractivity contribution in [3.63, 3.8) is 0 Å². The molecule has 1 spiro atoms. The summed E-state index contributed by atoms with van der Waals surface area (Å²) in [7, 11) is 0. The van der Waals surface area contributed by atoms with E-state index in [2.05, 4.69) is 10.2 Å². The topological polar surface area (TPSA) is 113 Å². The van der Waals surface area contributed by atoms with Crippen molar-refractivity contribution in [2.45, 2.75) is 19.3 Å². The first-order chi connectivity index (χ1) is 13.0. The Labute approximate surface area is 169 Å². The van der Waals surface area contributed by atoms with Crippen molar-refractivity contribution in [2.24, 2.45) is 11.1 Å². The van der Waals surface area contributed by atoms with Gasteiger partial charge in [-0.05, 0) is 49.2 Å². The monoisotopic (exact) mass is 404 g/mol. The molecule has 6 N–H and O–H groups in total. The first-order valence-corrected chi connectivity index (χ1v) is 10.2. The highest BCUT2D eigenvalue weighted by molar-refractivity contribution is 8.26. The number of piperidine rings is 1. The minimum absolute atomic E-state index is 0.257. The number of nitrogens with two attached hydrogens (primary N) is 1. The van der Waals surface area contributed by atoms with Gasteiger partial charge in [-0.3, -0.25) is 10.8 Å². The fourth-order valence-corrected chi connectivity index (χ4v) is 4.91. The number of allylic oxidation sites excluding steroid dienone is 1. The third kappa shape index (κ3) is 4.36. The number of likely N-dealkylation sites (tertiary alicyclic amines) is 1. The average Bonchev–Trinajstić information content (AvgIpc) is 3.07. The van der Waals surface area contributed by atoms with E-state index in [0.29, 0.717) is 21.3 Å². The number of hydrogen-bond acceptors (Lipinski definition) is 6. The van der Waals surface area contributed by atoms with Crippen LogP contribution in [0.4, 0.5) is 0 Å². The van der Waals surface area contributed by atoms with E-state index in [4.69, 9.17) is 33.6 Å². The molecule has 2 fully saturated rings. The van der Waals surface area contributed by atoms with Crippen LogP contribution in [0.5, 0.6) is 0 Å². The number of amidine groups is 1. The second-order valence-corrected chi connectivity index (χ2v) is 8.56. The minimum atomic E-state index is 0.257. The molecule has 27 heavy (non-hydrogen) atoms. The van der Waals surface area contributed by atoms with E-state index in [0.717, 1.165) is 49.9 Å². The lowest BCUT2D eigenvalue weighted by atomic mass is 9.80. The number of nitrogens with zero attached hydrogens (tertiary/aromatic N) is 1. The van der Waals surface area contributed by atoms with Crippen molar-refractivity contribution in [1.82, 2.24) is 10.2 Å². The number of halogens is 1. The van der Waals surface area contributed by atoms with Gasteiger partial charge in [-0.25, -0.2) is 0 Å². The summed E-state index contributed by atoms with van der Waals surface area (Å²) in [5.74, 6) is 0. The number of thioether (sulfide) groups is 1. The van der Waals surface area contributed by atoms with Crippen LogP contribution in [0.2, 0.25) is 5.02 Å². The van der Waals surface area contributed by atoms with Crippen molar-refractivity contribution in [2.75, 3.05) is 26.2 Å². The molecule has 2 heterocycles. The summed E-state index contributed by atoms with van der Waals surface area (Å²) in [6.45, 7) is 3.87. The molecule has 0 aliphatic carbocycles. The fourth-order valence-electron chi connectivity index (χ4n) is 3.81. The first-order valence-electron chi connectivity index (χ1n) is 9.01. The zero-order chi connectivity index (χ0) is 19.4. The predicted octanol–water partition coefficient (Wildman–Crippen LogP) is 3.36. The number of benzene rings is 1. The molecule has 0 saturated carbocycles. The zero-order valence-electron chi connectivity index (χ0n) is 15.1. The SMILES string of the molecule is N=CC(=CN)c1ccc(C(=N)SC(=N)N2CCC3(CCCNC3)C2)c(Cl)c1. The lowest BCUT2D eigenvalue weighted by molar-refractivity contribution is 0.223. The number of hydrogen-bond donors (Lipinski definition) is 5. The molecule has 0 amide bonds. The second-order valence-electron chi connectivity index (χ2n) is 7.15. The van der Waals surface area contributed by atoms with Gasteiger partial charge in [0.15, 0.2) is 5.17 Å². The van der Waals surface area contributed by atoms with Crippen molar-refractivity contribution < 1.29 is 0 Å². The molecule has 2 aliphatic rings. The largest absolute Gasteiger partial charge is 0.404 e. The first kappa shape index (κ1) is 19.9. The van der Waals surface area contributed by atoms with E-state index in [1.165, 1.54) is 25.3 Å². The van der Waals surface area contributed by atoms with Crippen LogP contribution in [0.25, 0.3) is 5.57 Å². The van der Waals surface area contributed by atoms with Gasteiger partial charge in [0, 0.05) is 48.6 Å². The Morgan fingerprint density at radius 3 is 2.78 bits per heavy atom. The Morgan fingerprint density at radius 2 is 2.15 bits per heavy atom. The lowest BCUT2D eigenvalue weighted by Gasteiger charge is -2.34. The highest BCUT2D eigenvalue weighted by atomic mass is 35.5. The van der Waals surface area contributed by atoms with Crippen LogP contribution >= 0.6 is 23.4 Å². The molecule has 0 radical (unpaired) electrons. The maximum atomic E-state index is 8.44. The van der Waals surface area contributed by atoms with E-state index < -0.39 is 0 Å². The molecule has 0 bridgehead atoms. The molecule has 2 saturated heterocycles. The maximum absolute atomic E-state index is 8.44. The number of rotatable bonds is 3. The van der Waals surface area contributed by atoms with E-state index in [-0.39, 0.29) is 10.5 Å². The van der Waals surface area contributed by atoms with Crippen molar-refractivity contribution in [3.8, 4) is 0 Å². The summed E-state index contributed by atoms with van der Waals surface area (Å²) in [4.78, 5) is 2.08. The normalized spacial score (nSPS) is 22.9. The summed E-state index contributed by atoms with van der Waals surface area (Å²) < 4.78 is 0. The van der Waals surface area contributed by atoms with Crippen LogP contribution in [0, 0.1) is 21.6 Å². The minimum Gasteiger partial charge on any atom is -0.404 e. The Balaban J connectivity index is 1.65. The average molecular weight is 405 g/mol. The smallest absolute Gasteiger partial charge is 0.162 e. The molecule has 144 valence electrons. The molecule has 2 aliphatic heterocycles. The van der Waals surface area contributed by atoms with Gasteiger partial charge in [0.2, 0.25) is 0 Å². The summed E-state index contributed by atoms with van der Waals surface area (Å²) in [6.07, 6.45) is 6.04. The van der Waals surface area contributed by atoms with Crippen LogP contribution in [0.1, 0.15) is 30.4 Å². The third-order valence-corrected chi connectivity index (χ3v) is 6.56. The molecule has 8 heteroatoms. The maximum Gasteiger partial charge on any atom is 0.162 e. The quantitative estimate of drug-likeness (QED) is 0.392. The highest BCUT2D eigenvalue weighted by Gasteiger charge is 2.40. The predicted molar refractivity (Wildman–Crippen MR) is 115 cm³/mol. The summed E-state index contributed by atoms with van der Waals surface area (Å²) in [6, 6.07) is 5.25. The van der Waals surface area contributed by atoms with E-state index >= 15 is 0 Å². The van der Waals surface area contributed by atoms with Gasteiger partial charge in [0.05, 0.1) is 5.02 Å². The summed E-state index contributed by atoms with van der Waals surface area (Å²) in [5, 5.41) is 28.8. The zero-order valence-corrected chi connectivity index (χ0v) is 16.7. The van der Waals surface area contributed by atoms with Crippen molar-refractivity contribution >= 4 is 45.4 Å². The van der Waals surface area contributed by atoms with Gasteiger partial charge in [-0.1, -0.05) is 23.7 Å². The molecule has 6 nitrogen and oxygen atoms in total. The van der Waals surface area contributed by atoms with E-state index in [1.807, 2.05) is 0 Å². The summed E-state index contributed by atoms with van der Waals surface area (Å²) >= 11 is 7.49. The Kier molecular flexibility index (Phi) is 6.24. The molecular formula is C19H25ClN6S. The molecule has 1 atom stereocenters. The van der Waals surface area contributed by atoms with Crippen LogP contribution in [0.3, 0.4) is 0 Å². The molecular weight excluding hydrogens is 380 g/mol. The second kappa shape index (κ2) is 8.46. The van der Waals surface area contributed by atoms with E-state index in [1.54, 1.807) is 18.2 Å². The van der Waals surface area contributed by atoms with Crippen molar-refractivity contribution in [3.05, 3.63) is 40.5 Å². The summed E-state index contributed by atoms with van der Waals surface area (Å²) in [5.41, 5.74) is 7.69. The fraction of sp³-hybridized carbons (Fsp3) is 0.421. The Hall–Kier alpha value is -1.83. The van der Waals surface area contributed by atoms with Gasteiger partial charge in [-0.2, -0.15) is 0 Å². The van der Waals surface area contributed by atoms with Gasteiger partial charge in [0.25, 0.3) is 0 Å². The molecule has 1 unspecified atom stereocenters. The van der Waals surface area contributed by atoms with Crippen molar-refractivity contribution in [1.29, 1.82) is 16.2 Å². The Bertz CT molecular complexity index is 784. The van der Waals surface area contributed by atoms with Gasteiger partial charge >= 0.3 is 0 Å². The van der Waals surface area contributed by atoms with E-state index in [9.17, 15) is 0 Å². The van der Waals surface area contributed by atoms with Crippen LogP contribution in [-0.2, 0) is 0 Å². The van der Waals surface area contributed by atoms with Crippen LogP contribution < -0.4 is 11.1 Å².